The van der Waals surface area contributed by atoms with Crippen LogP contribution in [-0.4, -0.2) is 42.5 Å². The zero-order valence-electron chi connectivity index (χ0n) is 14.3. The van der Waals surface area contributed by atoms with Gasteiger partial charge in [0, 0.05) is 39.1 Å². The summed E-state index contributed by atoms with van der Waals surface area (Å²) < 4.78 is 0. The highest BCUT2D eigenvalue weighted by molar-refractivity contribution is 5.80. The first-order valence-corrected chi connectivity index (χ1v) is 8.62. The van der Waals surface area contributed by atoms with E-state index in [1.807, 2.05) is 25.5 Å². The number of hydrogen-bond acceptors (Lipinski definition) is 2. The van der Waals surface area contributed by atoms with E-state index in [4.69, 9.17) is 0 Å². The van der Waals surface area contributed by atoms with Crippen LogP contribution in [0.1, 0.15) is 38.7 Å². The molecule has 0 amide bonds. The van der Waals surface area contributed by atoms with E-state index in [1.165, 1.54) is 24.8 Å². The van der Waals surface area contributed by atoms with Crippen LogP contribution in [0.2, 0.25) is 0 Å². The van der Waals surface area contributed by atoms with Gasteiger partial charge in [-0.3, -0.25) is 9.98 Å². The molecule has 0 aromatic carbocycles. The second kappa shape index (κ2) is 8.76. The van der Waals surface area contributed by atoms with Crippen molar-refractivity contribution in [1.29, 1.82) is 0 Å². The highest BCUT2D eigenvalue weighted by Crippen LogP contribution is 2.28. The first-order chi connectivity index (χ1) is 10.8. The minimum Gasteiger partial charge on any atom is -0.356 e. The molecule has 1 N–H and O–H groups in total. The molecule has 1 saturated heterocycles. The number of pyridine rings is 1. The van der Waals surface area contributed by atoms with Crippen molar-refractivity contribution in [1.82, 2.24) is 15.2 Å². The molecule has 1 aliphatic rings. The molecule has 0 spiro atoms. The molecule has 1 atom stereocenters. The summed E-state index contributed by atoms with van der Waals surface area (Å²) in [7, 11) is 1.89. The fraction of sp³-hybridized carbons (Fsp3) is 0.667. The number of nitrogens with one attached hydrogen (secondary N) is 1. The normalized spacial score (nSPS) is 19.0. The number of hydrogen-bond donors (Lipinski definition) is 1. The van der Waals surface area contributed by atoms with E-state index < -0.39 is 0 Å². The predicted molar refractivity (Wildman–Crippen MR) is 93.1 cm³/mol. The maximum absolute atomic E-state index is 4.46. The lowest BCUT2D eigenvalue weighted by Crippen LogP contribution is -2.41. The van der Waals surface area contributed by atoms with Gasteiger partial charge in [-0.05, 0) is 36.3 Å². The average molecular weight is 302 g/mol. The molecule has 1 aliphatic heterocycles. The van der Waals surface area contributed by atoms with Crippen LogP contribution in [-0.2, 0) is 6.42 Å². The first kappa shape index (κ1) is 16.8. The SMILES string of the molecule is CCC(CC)C1CCN(C(=NC)NCCc2cccnc2)C1. The van der Waals surface area contributed by atoms with Crippen LogP contribution in [0.15, 0.2) is 29.5 Å². The van der Waals surface area contributed by atoms with Gasteiger partial charge < -0.3 is 10.2 Å². The van der Waals surface area contributed by atoms with Crippen molar-refractivity contribution in [3.05, 3.63) is 30.1 Å². The van der Waals surface area contributed by atoms with Gasteiger partial charge in [-0.15, -0.1) is 0 Å². The van der Waals surface area contributed by atoms with Crippen molar-refractivity contribution in [3.63, 3.8) is 0 Å². The molecule has 2 rings (SSSR count). The van der Waals surface area contributed by atoms with Gasteiger partial charge in [-0.2, -0.15) is 0 Å². The van der Waals surface area contributed by atoms with E-state index in [1.54, 1.807) is 0 Å². The summed E-state index contributed by atoms with van der Waals surface area (Å²) >= 11 is 0. The van der Waals surface area contributed by atoms with Gasteiger partial charge in [0.15, 0.2) is 5.96 Å². The van der Waals surface area contributed by atoms with Crippen molar-refractivity contribution in [3.8, 4) is 0 Å². The molecule has 0 saturated carbocycles. The Labute approximate surface area is 135 Å². The highest BCUT2D eigenvalue weighted by Gasteiger charge is 2.29. The number of aliphatic imine (C=N–C) groups is 1. The molecule has 4 heteroatoms. The summed E-state index contributed by atoms with van der Waals surface area (Å²) in [6, 6.07) is 4.11. The van der Waals surface area contributed by atoms with E-state index in [0.29, 0.717) is 0 Å². The third-order valence-electron chi connectivity index (χ3n) is 4.87. The van der Waals surface area contributed by atoms with Crippen LogP contribution < -0.4 is 5.32 Å². The second-order valence-electron chi connectivity index (χ2n) is 6.16. The maximum atomic E-state index is 4.46. The quantitative estimate of drug-likeness (QED) is 0.649. The monoisotopic (exact) mass is 302 g/mol. The van der Waals surface area contributed by atoms with Gasteiger partial charge in [0.25, 0.3) is 0 Å². The van der Waals surface area contributed by atoms with Crippen LogP contribution >= 0.6 is 0 Å². The first-order valence-electron chi connectivity index (χ1n) is 8.62. The summed E-state index contributed by atoms with van der Waals surface area (Å²) in [5, 5.41) is 3.50. The van der Waals surface area contributed by atoms with Crippen molar-refractivity contribution in [2.75, 3.05) is 26.7 Å². The molecule has 22 heavy (non-hydrogen) atoms. The van der Waals surface area contributed by atoms with Crippen molar-refractivity contribution in [2.24, 2.45) is 16.8 Å². The standard InChI is InChI=1S/C18H30N4/c1-4-16(5-2)17-9-12-22(14-17)18(19-3)21-11-8-15-7-6-10-20-13-15/h6-7,10,13,16-17H,4-5,8-9,11-12,14H2,1-3H3,(H,19,21). The van der Waals surface area contributed by atoms with Crippen LogP contribution in [0.5, 0.6) is 0 Å². The molecule has 0 bridgehead atoms. The molecule has 0 aliphatic carbocycles. The Morgan fingerprint density at radius 2 is 2.27 bits per heavy atom. The fourth-order valence-corrected chi connectivity index (χ4v) is 3.52. The Bertz CT molecular complexity index is 453. The van der Waals surface area contributed by atoms with E-state index in [9.17, 15) is 0 Å². The van der Waals surface area contributed by atoms with Crippen molar-refractivity contribution >= 4 is 5.96 Å². The Balaban J connectivity index is 1.80. The lowest BCUT2D eigenvalue weighted by atomic mass is 9.87. The second-order valence-corrected chi connectivity index (χ2v) is 6.16. The van der Waals surface area contributed by atoms with Gasteiger partial charge in [0.2, 0.25) is 0 Å². The predicted octanol–water partition coefficient (Wildman–Crippen LogP) is 2.96. The van der Waals surface area contributed by atoms with E-state index in [-0.39, 0.29) is 0 Å². The largest absolute Gasteiger partial charge is 0.356 e. The van der Waals surface area contributed by atoms with Gasteiger partial charge >= 0.3 is 0 Å². The summed E-state index contributed by atoms with van der Waals surface area (Å²) in [4.78, 5) is 11.0. The molecule has 1 unspecified atom stereocenters. The zero-order chi connectivity index (χ0) is 15.8. The van der Waals surface area contributed by atoms with Gasteiger partial charge in [-0.1, -0.05) is 32.8 Å². The Kier molecular flexibility index (Phi) is 6.69. The molecule has 122 valence electrons. The Morgan fingerprint density at radius 3 is 2.91 bits per heavy atom. The molecule has 1 aromatic heterocycles. The molecule has 4 nitrogen and oxygen atoms in total. The van der Waals surface area contributed by atoms with Crippen LogP contribution in [0.4, 0.5) is 0 Å². The van der Waals surface area contributed by atoms with Gasteiger partial charge in [0.1, 0.15) is 0 Å². The molecule has 2 heterocycles. The topological polar surface area (TPSA) is 40.5 Å². The van der Waals surface area contributed by atoms with Crippen LogP contribution in [0.25, 0.3) is 0 Å². The van der Waals surface area contributed by atoms with Crippen molar-refractivity contribution < 1.29 is 0 Å². The zero-order valence-corrected chi connectivity index (χ0v) is 14.3. The van der Waals surface area contributed by atoms with E-state index >= 15 is 0 Å². The van der Waals surface area contributed by atoms with Gasteiger partial charge in [0.05, 0.1) is 0 Å². The lowest BCUT2D eigenvalue weighted by molar-refractivity contribution is 0.319. The average Bonchev–Trinajstić information content (AvgIpc) is 3.03. The summed E-state index contributed by atoms with van der Waals surface area (Å²) in [6.07, 6.45) is 8.62. The number of nitrogens with zero attached hydrogens (tertiary/aromatic N) is 3. The molecule has 1 fully saturated rings. The number of likely N-dealkylation sites (tertiary alicyclic amines) is 1. The highest BCUT2D eigenvalue weighted by atomic mass is 15.3. The Hall–Kier alpha value is -1.58. The van der Waals surface area contributed by atoms with Crippen LogP contribution in [0.3, 0.4) is 0 Å². The molecular weight excluding hydrogens is 272 g/mol. The van der Waals surface area contributed by atoms with Gasteiger partial charge in [-0.25, -0.2) is 0 Å². The van der Waals surface area contributed by atoms with Crippen molar-refractivity contribution in [2.45, 2.75) is 39.5 Å². The summed E-state index contributed by atoms with van der Waals surface area (Å²) in [5.41, 5.74) is 1.27. The molecule has 0 radical (unpaired) electrons. The molecule has 1 aromatic rings. The minimum absolute atomic E-state index is 0.826. The number of aromatic nitrogens is 1. The van der Waals surface area contributed by atoms with E-state index in [0.717, 1.165) is 43.9 Å². The maximum Gasteiger partial charge on any atom is 0.193 e. The van der Waals surface area contributed by atoms with E-state index in [2.05, 4.69) is 40.1 Å². The molecular formula is C18H30N4. The Morgan fingerprint density at radius 1 is 1.45 bits per heavy atom. The van der Waals surface area contributed by atoms with Crippen LogP contribution in [0, 0.1) is 11.8 Å². The number of rotatable bonds is 6. The third kappa shape index (κ3) is 4.46. The lowest BCUT2D eigenvalue weighted by Gasteiger charge is -2.24. The smallest absolute Gasteiger partial charge is 0.193 e. The third-order valence-corrected chi connectivity index (χ3v) is 4.87. The fourth-order valence-electron chi connectivity index (χ4n) is 3.52. The summed E-state index contributed by atoms with van der Waals surface area (Å²) in [6.45, 7) is 7.83. The summed E-state index contributed by atoms with van der Waals surface area (Å²) in [5.74, 6) is 2.74. The minimum atomic E-state index is 0.826. The number of guanidine groups is 1.